The minimum absolute atomic E-state index is 0.0671. The Bertz CT molecular complexity index is 1180. The highest BCUT2D eigenvalue weighted by Gasteiger charge is 2.42. The average molecular weight is 463 g/mol. The molecular weight excluding hydrogens is 432 g/mol. The molecule has 3 fully saturated rings. The van der Waals surface area contributed by atoms with E-state index in [2.05, 4.69) is 22.5 Å². The molecule has 3 aliphatic rings. The highest BCUT2D eigenvalue weighted by molar-refractivity contribution is 5.90. The topological polar surface area (TPSA) is 103 Å². The van der Waals surface area contributed by atoms with Crippen LogP contribution >= 0.6 is 0 Å². The summed E-state index contributed by atoms with van der Waals surface area (Å²) in [6.45, 7) is 6.07. The number of benzene rings is 2. The van der Waals surface area contributed by atoms with Gasteiger partial charge in [0.15, 0.2) is 0 Å². The molecule has 0 saturated carbocycles. The van der Waals surface area contributed by atoms with Crippen molar-refractivity contribution in [2.75, 3.05) is 20.2 Å². The van der Waals surface area contributed by atoms with Crippen molar-refractivity contribution in [3.8, 4) is 11.5 Å². The molecule has 0 radical (unpaired) electrons. The molecule has 34 heavy (non-hydrogen) atoms. The number of hydrogen-bond acceptors (Lipinski definition) is 6. The Kier molecular flexibility index (Phi) is 7.14. The van der Waals surface area contributed by atoms with Crippen LogP contribution in [0, 0.1) is 11.8 Å². The third-order valence-electron chi connectivity index (χ3n) is 6.95. The number of rotatable bonds is 5. The van der Waals surface area contributed by atoms with Crippen molar-refractivity contribution < 1.29 is 24.9 Å². The van der Waals surface area contributed by atoms with Crippen LogP contribution in [0.2, 0.25) is 0 Å². The van der Waals surface area contributed by atoms with Gasteiger partial charge >= 0.3 is 5.97 Å². The molecule has 5 atom stereocenters. The number of aliphatic hydroxyl groups excluding tert-OH is 1. The van der Waals surface area contributed by atoms with Crippen LogP contribution in [-0.2, 0) is 0 Å². The Labute approximate surface area is 198 Å². The lowest BCUT2D eigenvalue weighted by atomic mass is 9.73. The Balaban J connectivity index is 0.000000231. The van der Waals surface area contributed by atoms with Gasteiger partial charge in [-0.05, 0) is 73.2 Å². The molecule has 2 bridgehead atoms. The highest BCUT2D eigenvalue weighted by atomic mass is 16.5. The zero-order chi connectivity index (χ0) is 24.2. The van der Waals surface area contributed by atoms with Gasteiger partial charge in [-0.3, -0.25) is 9.88 Å². The number of fused-ring (bicyclic) bond motifs is 4. The van der Waals surface area contributed by atoms with Crippen LogP contribution in [0.5, 0.6) is 11.5 Å². The third-order valence-corrected chi connectivity index (χ3v) is 6.95. The molecule has 4 heterocycles. The van der Waals surface area contributed by atoms with Gasteiger partial charge in [-0.2, -0.15) is 0 Å². The van der Waals surface area contributed by atoms with Gasteiger partial charge in [0.25, 0.3) is 0 Å². The zero-order valence-corrected chi connectivity index (χ0v) is 19.2. The summed E-state index contributed by atoms with van der Waals surface area (Å²) < 4.78 is 5.35. The number of carbonyl (C=O) groups is 1. The van der Waals surface area contributed by atoms with Crippen LogP contribution in [0.15, 0.2) is 67.4 Å². The Morgan fingerprint density at radius 2 is 2.06 bits per heavy atom. The number of aromatic carboxylic acids is 1. The summed E-state index contributed by atoms with van der Waals surface area (Å²) in [5, 5.41) is 29.4. The van der Waals surface area contributed by atoms with Crippen LogP contribution < -0.4 is 4.74 Å². The summed E-state index contributed by atoms with van der Waals surface area (Å²) in [5.74, 6) is 0.695. The van der Waals surface area contributed by atoms with Gasteiger partial charge in [0.2, 0.25) is 0 Å². The Hall–Kier alpha value is -3.42. The first-order chi connectivity index (χ1) is 16.4. The molecule has 7 nitrogen and oxygen atoms in total. The quantitative estimate of drug-likeness (QED) is 0.487. The molecule has 3 aromatic rings. The Morgan fingerprint density at radius 1 is 1.26 bits per heavy atom. The molecule has 3 aliphatic heterocycles. The third kappa shape index (κ3) is 4.76. The maximum Gasteiger partial charge on any atom is 0.339 e. The molecule has 178 valence electrons. The second-order valence-corrected chi connectivity index (χ2v) is 8.80. The summed E-state index contributed by atoms with van der Waals surface area (Å²) in [6.07, 6.45) is 5.62. The fourth-order valence-corrected chi connectivity index (χ4v) is 5.10. The second kappa shape index (κ2) is 10.2. The number of hydrogen-bond donors (Lipinski definition) is 3. The first kappa shape index (κ1) is 23.7. The normalized spacial score (nSPS) is 24.1. The predicted octanol–water partition coefficient (Wildman–Crippen LogP) is 4.26. The summed E-state index contributed by atoms with van der Waals surface area (Å²) in [7, 11) is 1.66. The summed E-state index contributed by atoms with van der Waals surface area (Å²) in [4.78, 5) is 17.1. The Morgan fingerprint density at radius 3 is 2.68 bits per heavy atom. The number of methoxy groups -OCH3 is 1. The minimum Gasteiger partial charge on any atom is -0.507 e. The largest absolute Gasteiger partial charge is 0.507 e. The van der Waals surface area contributed by atoms with Gasteiger partial charge in [-0.25, -0.2) is 4.79 Å². The number of aliphatic hydroxyl groups is 1. The van der Waals surface area contributed by atoms with Crippen LogP contribution in [0.4, 0.5) is 0 Å². The molecule has 0 amide bonds. The summed E-state index contributed by atoms with van der Waals surface area (Å²) in [5.41, 5.74) is 1.78. The minimum atomic E-state index is -1.11. The molecule has 0 aliphatic carbocycles. The number of carboxylic acid groups (broad SMARTS) is 1. The van der Waals surface area contributed by atoms with E-state index in [9.17, 15) is 9.90 Å². The van der Waals surface area contributed by atoms with Crippen LogP contribution in [0.1, 0.15) is 34.9 Å². The van der Waals surface area contributed by atoms with Crippen molar-refractivity contribution in [2.24, 2.45) is 11.8 Å². The van der Waals surface area contributed by atoms with Crippen molar-refractivity contribution in [2.45, 2.75) is 25.0 Å². The van der Waals surface area contributed by atoms with E-state index in [4.69, 9.17) is 14.9 Å². The average Bonchev–Trinajstić information content (AvgIpc) is 2.88. The monoisotopic (exact) mass is 462 g/mol. The molecule has 0 spiro atoms. The summed E-state index contributed by atoms with van der Waals surface area (Å²) in [6, 6.07) is 13.8. The maximum atomic E-state index is 11.2. The van der Waals surface area contributed by atoms with Crippen LogP contribution in [0.25, 0.3) is 10.9 Å². The fraction of sp³-hybridized carbons (Fsp3) is 0.333. The smallest absolute Gasteiger partial charge is 0.339 e. The van der Waals surface area contributed by atoms with E-state index in [1.807, 2.05) is 24.3 Å². The van der Waals surface area contributed by atoms with Crippen LogP contribution in [-0.4, -0.2) is 57.4 Å². The van der Waals surface area contributed by atoms with Crippen molar-refractivity contribution >= 4 is 16.9 Å². The first-order valence-electron chi connectivity index (χ1n) is 11.4. The lowest BCUT2D eigenvalue weighted by molar-refractivity contribution is -0.0444. The van der Waals surface area contributed by atoms with Gasteiger partial charge < -0.3 is 20.1 Å². The number of para-hydroxylation sites is 1. The zero-order valence-electron chi connectivity index (χ0n) is 19.2. The molecule has 0 unspecified atom stereocenters. The second-order valence-electron chi connectivity index (χ2n) is 8.80. The van der Waals surface area contributed by atoms with Gasteiger partial charge in [-0.1, -0.05) is 18.2 Å². The highest BCUT2D eigenvalue weighted by Crippen LogP contribution is 2.42. The molecular formula is C27H30N2O5. The predicted molar refractivity (Wildman–Crippen MR) is 130 cm³/mol. The van der Waals surface area contributed by atoms with Crippen molar-refractivity contribution in [1.82, 2.24) is 9.88 Å². The van der Waals surface area contributed by atoms with E-state index in [0.29, 0.717) is 11.8 Å². The van der Waals surface area contributed by atoms with Gasteiger partial charge in [-0.15, -0.1) is 6.58 Å². The molecule has 1 aromatic heterocycles. The number of nitrogens with zero attached hydrogens (tertiary/aromatic N) is 2. The van der Waals surface area contributed by atoms with E-state index in [1.54, 1.807) is 25.4 Å². The van der Waals surface area contributed by atoms with E-state index in [0.717, 1.165) is 41.7 Å². The van der Waals surface area contributed by atoms with Crippen molar-refractivity contribution in [3.63, 3.8) is 0 Å². The lowest BCUT2D eigenvalue weighted by Gasteiger charge is -2.50. The number of piperidine rings is 3. The molecule has 3 N–H and O–H groups in total. The van der Waals surface area contributed by atoms with E-state index >= 15 is 0 Å². The first-order valence-corrected chi connectivity index (χ1v) is 11.4. The van der Waals surface area contributed by atoms with E-state index in [1.165, 1.54) is 18.6 Å². The number of phenols is 1. The van der Waals surface area contributed by atoms with Gasteiger partial charge in [0.1, 0.15) is 17.1 Å². The SMILES string of the molecule is C=C[C@H]1C[N@]2CC[C@H]1C[C@H]2[C@H](O)c1ccnc2ccc(OC)cc12.O=C(O)c1ccccc1O. The summed E-state index contributed by atoms with van der Waals surface area (Å²) >= 11 is 0. The number of ether oxygens (including phenoxy) is 1. The number of pyridine rings is 1. The molecule has 2 aromatic carbocycles. The lowest BCUT2D eigenvalue weighted by Crippen LogP contribution is -2.54. The van der Waals surface area contributed by atoms with E-state index in [-0.39, 0.29) is 17.4 Å². The molecule has 3 saturated heterocycles. The molecule has 7 heteroatoms. The molecule has 6 rings (SSSR count). The van der Waals surface area contributed by atoms with Gasteiger partial charge in [0, 0.05) is 24.2 Å². The fourth-order valence-electron chi connectivity index (χ4n) is 5.10. The van der Waals surface area contributed by atoms with Crippen molar-refractivity contribution in [1.29, 1.82) is 0 Å². The van der Waals surface area contributed by atoms with Gasteiger partial charge in [0.05, 0.1) is 18.7 Å². The number of carboxylic acids is 1. The van der Waals surface area contributed by atoms with Crippen LogP contribution in [0.3, 0.4) is 0 Å². The maximum absolute atomic E-state index is 11.2. The number of aromatic nitrogens is 1. The van der Waals surface area contributed by atoms with Crippen molar-refractivity contribution in [3.05, 3.63) is 78.5 Å². The van der Waals surface area contributed by atoms with E-state index < -0.39 is 12.1 Å². The number of aromatic hydroxyl groups is 1. The standard InChI is InChI=1S/C20H24N2O2.C7H6O3/c1-3-13-12-22-9-7-14(13)10-19(22)20(23)16-6-8-21-18-5-4-15(24-2)11-17(16)18;8-6-4-2-1-3-5(6)7(9)10/h3-6,8,11,13-14,19-20,23H,1,7,9-10,12H2,2H3;1-4,8H,(H,9,10)/t13-,14-,19-,20+;/m0./s1.